The van der Waals surface area contributed by atoms with Crippen molar-refractivity contribution in [3.8, 4) is 11.1 Å². The molecule has 3 aromatic heterocycles. The van der Waals surface area contributed by atoms with Gasteiger partial charge >= 0.3 is 0 Å². The zero-order valence-corrected chi connectivity index (χ0v) is 25.6. The van der Waals surface area contributed by atoms with Crippen molar-refractivity contribution < 1.29 is 14.3 Å². The number of aliphatic hydroxyl groups excluding tert-OH is 1. The lowest BCUT2D eigenvalue weighted by Gasteiger charge is -2.30. The van der Waals surface area contributed by atoms with Gasteiger partial charge in [-0.15, -0.1) is 11.3 Å². The summed E-state index contributed by atoms with van der Waals surface area (Å²) in [5.41, 5.74) is 5.49. The van der Waals surface area contributed by atoms with E-state index >= 15 is 4.39 Å². The van der Waals surface area contributed by atoms with Crippen molar-refractivity contribution in [2.24, 2.45) is 12.5 Å². The lowest BCUT2D eigenvalue weighted by molar-refractivity contribution is 0.0984. The first-order chi connectivity index (χ1) is 20.5. The molecule has 0 unspecified atom stereocenters. The number of thiophene rings is 1. The number of aryl methyl sites for hydroxylation is 1. The highest BCUT2D eigenvalue weighted by atomic mass is 32.1. The van der Waals surface area contributed by atoms with Gasteiger partial charge in [0.05, 0.1) is 29.4 Å². The number of carbonyl (C=O) groups is 1. The van der Waals surface area contributed by atoms with E-state index in [0.717, 1.165) is 48.6 Å². The molecular weight excluding hydrogens is 567 g/mol. The van der Waals surface area contributed by atoms with Crippen molar-refractivity contribution in [3.63, 3.8) is 0 Å². The first kappa shape index (κ1) is 28.0. The molecule has 7 rings (SSSR count). The van der Waals surface area contributed by atoms with Gasteiger partial charge in [0.2, 0.25) is 0 Å². The monoisotopic (exact) mass is 602 g/mol. The van der Waals surface area contributed by atoms with Gasteiger partial charge in [0.1, 0.15) is 11.5 Å². The SMILES string of the molecule is CN1CCn2nc(Nc3cc(-c4cc(F)cc(N5CCc6c(sc7c6CC(C)(C)C7)C5=O)c4CO)cn(C)c3=O)cc2C1. The second kappa shape index (κ2) is 10.1. The first-order valence-corrected chi connectivity index (χ1v) is 15.4. The first-order valence-electron chi connectivity index (χ1n) is 14.6. The Morgan fingerprint density at radius 1 is 1.07 bits per heavy atom. The van der Waals surface area contributed by atoms with Crippen LogP contribution in [0, 0.1) is 11.2 Å². The normalized spacial score (nSPS) is 17.6. The average Bonchev–Trinajstić information content (AvgIpc) is 3.60. The minimum atomic E-state index is -0.523. The highest BCUT2D eigenvalue weighted by Crippen LogP contribution is 2.46. The molecule has 0 atom stereocenters. The zero-order valence-electron chi connectivity index (χ0n) is 24.8. The summed E-state index contributed by atoms with van der Waals surface area (Å²) >= 11 is 1.56. The van der Waals surface area contributed by atoms with Gasteiger partial charge in [-0.05, 0) is 66.6 Å². The quantitative estimate of drug-likeness (QED) is 0.350. The number of nitrogens with zero attached hydrogens (tertiary/aromatic N) is 5. The Kier molecular flexibility index (Phi) is 6.60. The molecule has 0 saturated carbocycles. The molecular formula is C32H35FN6O3S. The maximum Gasteiger partial charge on any atom is 0.274 e. The molecule has 5 heterocycles. The van der Waals surface area contributed by atoms with E-state index in [1.54, 1.807) is 35.5 Å². The van der Waals surface area contributed by atoms with Gasteiger partial charge in [0.15, 0.2) is 5.82 Å². The Morgan fingerprint density at radius 3 is 2.67 bits per heavy atom. The lowest BCUT2D eigenvalue weighted by atomic mass is 9.89. The molecule has 9 nitrogen and oxygen atoms in total. The molecule has 224 valence electrons. The molecule has 0 saturated heterocycles. The van der Waals surface area contributed by atoms with E-state index in [1.165, 1.54) is 27.1 Å². The molecule has 2 aliphatic heterocycles. The molecule has 1 amide bonds. The fourth-order valence-electron chi connectivity index (χ4n) is 6.82. The maximum atomic E-state index is 15.3. The summed E-state index contributed by atoms with van der Waals surface area (Å²) in [5.74, 6) is -0.116. The number of nitrogens with one attached hydrogen (secondary N) is 1. The van der Waals surface area contributed by atoms with Crippen LogP contribution in [0.5, 0.6) is 0 Å². The number of amides is 1. The minimum absolute atomic E-state index is 0.151. The van der Waals surface area contributed by atoms with Gasteiger partial charge in [-0.2, -0.15) is 5.10 Å². The molecule has 0 radical (unpaired) electrons. The number of aliphatic hydroxyl groups is 1. The van der Waals surface area contributed by atoms with E-state index in [9.17, 15) is 14.7 Å². The van der Waals surface area contributed by atoms with Gasteiger partial charge in [-0.25, -0.2) is 4.39 Å². The molecule has 0 bridgehead atoms. The number of rotatable bonds is 5. The molecule has 11 heteroatoms. The second-order valence-electron chi connectivity index (χ2n) is 12.8. The van der Waals surface area contributed by atoms with Crippen molar-refractivity contribution >= 4 is 34.4 Å². The summed E-state index contributed by atoms with van der Waals surface area (Å²) in [6, 6.07) is 6.27. The fourth-order valence-corrected chi connectivity index (χ4v) is 8.40. The van der Waals surface area contributed by atoms with Gasteiger partial charge in [-0.1, -0.05) is 13.8 Å². The number of fused-ring (bicyclic) bond motifs is 4. The summed E-state index contributed by atoms with van der Waals surface area (Å²) in [5, 5.41) is 18.4. The molecule has 0 spiro atoms. The number of carbonyl (C=O) groups excluding carboxylic acids is 1. The van der Waals surface area contributed by atoms with Crippen LogP contribution in [-0.4, -0.2) is 50.4 Å². The van der Waals surface area contributed by atoms with E-state index in [4.69, 9.17) is 0 Å². The number of halogens is 1. The highest BCUT2D eigenvalue weighted by Gasteiger charge is 2.38. The summed E-state index contributed by atoms with van der Waals surface area (Å²) in [7, 11) is 3.69. The topological polar surface area (TPSA) is 95.6 Å². The summed E-state index contributed by atoms with van der Waals surface area (Å²) in [4.78, 5) is 32.8. The highest BCUT2D eigenvalue weighted by molar-refractivity contribution is 7.14. The minimum Gasteiger partial charge on any atom is -0.392 e. The zero-order chi connectivity index (χ0) is 30.2. The van der Waals surface area contributed by atoms with Crippen LogP contribution >= 0.6 is 11.3 Å². The van der Waals surface area contributed by atoms with Crippen molar-refractivity contribution in [3.05, 3.63) is 78.8 Å². The Hall–Kier alpha value is -3.80. The van der Waals surface area contributed by atoms with Gasteiger partial charge in [0.25, 0.3) is 11.5 Å². The number of pyridine rings is 1. The Labute approximate surface area is 253 Å². The number of hydrogen-bond acceptors (Lipinski definition) is 7. The predicted octanol–water partition coefficient (Wildman–Crippen LogP) is 4.46. The molecule has 1 aliphatic carbocycles. The summed E-state index contributed by atoms with van der Waals surface area (Å²) in [6.45, 7) is 6.95. The average molecular weight is 603 g/mol. The Bertz CT molecular complexity index is 1850. The molecule has 43 heavy (non-hydrogen) atoms. The molecule has 1 aromatic carbocycles. The van der Waals surface area contributed by atoms with E-state index in [2.05, 4.69) is 36.2 Å². The second-order valence-corrected chi connectivity index (χ2v) is 13.9. The van der Waals surface area contributed by atoms with Crippen LogP contribution in [0.4, 0.5) is 21.6 Å². The van der Waals surface area contributed by atoms with Gasteiger partial charge in [0, 0.05) is 54.9 Å². The van der Waals surface area contributed by atoms with E-state index in [-0.39, 0.29) is 22.6 Å². The lowest BCUT2D eigenvalue weighted by Crippen LogP contribution is -2.38. The smallest absolute Gasteiger partial charge is 0.274 e. The third kappa shape index (κ3) is 4.79. The maximum absolute atomic E-state index is 15.3. The third-order valence-corrected chi connectivity index (χ3v) is 10.2. The number of aromatic nitrogens is 3. The summed E-state index contributed by atoms with van der Waals surface area (Å²) in [6.07, 6.45) is 4.24. The van der Waals surface area contributed by atoms with Crippen molar-refractivity contribution in [2.75, 3.05) is 30.4 Å². The van der Waals surface area contributed by atoms with Crippen LogP contribution in [0.2, 0.25) is 0 Å². The van der Waals surface area contributed by atoms with E-state index < -0.39 is 12.4 Å². The van der Waals surface area contributed by atoms with Crippen LogP contribution in [0.3, 0.4) is 0 Å². The molecule has 3 aliphatic rings. The molecule has 4 aromatic rings. The number of anilines is 3. The summed E-state index contributed by atoms with van der Waals surface area (Å²) < 4.78 is 18.7. The largest absolute Gasteiger partial charge is 0.392 e. The van der Waals surface area contributed by atoms with Crippen molar-refractivity contribution in [1.82, 2.24) is 19.2 Å². The van der Waals surface area contributed by atoms with Crippen LogP contribution < -0.4 is 15.8 Å². The van der Waals surface area contributed by atoms with Crippen LogP contribution in [0.1, 0.15) is 50.8 Å². The van der Waals surface area contributed by atoms with Crippen LogP contribution in [-0.2, 0) is 46.0 Å². The standard InChI is InChI=1S/C32H35FN6O3S/c1-32(2)13-23-21-5-6-38(31(42)29(21)43-27(23)14-32)26-11-19(33)10-22(24(26)17-40)18-9-25(30(41)37(4)15-18)34-28-12-20-16-36(3)7-8-39(20)35-28/h9-12,15,40H,5-8,13-14,16-17H2,1-4H3,(H,34,35). The van der Waals surface area contributed by atoms with Gasteiger partial charge < -0.3 is 19.9 Å². The third-order valence-electron chi connectivity index (χ3n) is 8.91. The Morgan fingerprint density at radius 2 is 1.88 bits per heavy atom. The van der Waals surface area contributed by atoms with Crippen LogP contribution in [0.15, 0.2) is 35.3 Å². The Balaban J connectivity index is 1.25. The number of likely N-dealkylation sites (N-methyl/N-ethyl adjacent to an activating group) is 1. The van der Waals surface area contributed by atoms with Crippen molar-refractivity contribution in [2.45, 2.75) is 52.8 Å². The molecule has 0 fully saturated rings. The number of benzene rings is 1. The van der Waals surface area contributed by atoms with Crippen LogP contribution in [0.25, 0.3) is 11.1 Å². The fraction of sp³-hybridized carbons (Fsp3) is 0.406. The van der Waals surface area contributed by atoms with E-state index in [1.807, 2.05) is 10.7 Å². The van der Waals surface area contributed by atoms with Crippen molar-refractivity contribution in [1.29, 1.82) is 0 Å². The van der Waals surface area contributed by atoms with Gasteiger partial charge in [-0.3, -0.25) is 19.2 Å². The predicted molar refractivity (Wildman–Crippen MR) is 166 cm³/mol. The number of hydrogen-bond donors (Lipinski definition) is 2. The van der Waals surface area contributed by atoms with E-state index in [0.29, 0.717) is 41.2 Å². The molecule has 2 N–H and O–H groups in total.